The number of imide groups is 1. The van der Waals surface area contributed by atoms with Crippen LogP contribution in [-0.4, -0.2) is 40.2 Å². The standard InChI is InChI=1S/C22H25N3O3S/c1-21(2)9-14-10-22(3,11-21)12-24(14)19(28)13-4-5-15-16(8-13)29-20(23-15)25-17(26)6-7-18(25)27/h4-5,8,14H,6-7,9-12H2,1-3H3/t14-,22-/m0/s1. The zero-order valence-electron chi connectivity index (χ0n) is 17.0. The molecule has 1 aromatic carbocycles. The third-order valence-electron chi connectivity index (χ3n) is 6.54. The number of rotatable bonds is 2. The summed E-state index contributed by atoms with van der Waals surface area (Å²) in [5, 5.41) is 0.406. The molecular weight excluding hydrogens is 386 g/mol. The predicted octanol–water partition coefficient (Wildman–Crippen LogP) is 3.99. The Kier molecular flexibility index (Phi) is 3.95. The van der Waals surface area contributed by atoms with E-state index in [2.05, 4.69) is 30.7 Å². The Morgan fingerprint density at radius 2 is 1.86 bits per heavy atom. The quantitative estimate of drug-likeness (QED) is 0.701. The number of anilines is 1. The number of carbonyl (C=O) groups excluding carboxylic acids is 3. The fourth-order valence-electron chi connectivity index (χ4n) is 5.79. The topological polar surface area (TPSA) is 70.6 Å². The first-order valence-electron chi connectivity index (χ1n) is 10.2. The first-order valence-corrected chi connectivity index (χ1v) is 11.0. The highest BCUT2D eigenvalue weighted by Gasteiger charge is 2.51. The lowest BCUT2D eigenvalue weighted by Gasteiger charge is -2.39. The number of hydrogen-bond donors (Lipinski definition) is 0. The van der Waals surface area contributed by atoms with Gasteiger partial charge >= 0.3 is 0 Å². The molecular formula is C22H25N3O3S. The number of hydrogen-bond acceptors (Lipinski definition) is 5. The summed E-state index contributed by atoms with van der Waals surface area (Å²) in [5.41, 5.74) is 1.82. The lowest BCUT2D eigenvalue weighted by molar-refractivity contribution is -0.121. The van der Waals surface area contributed by atoms with Crippen LogP contribution in [0.5, 0.6) is 0 Å². The minimum Gasteiger partial charge on any atom is -0.335 e. The van der Waals surface area contributed by atoms with Crippen molar-refractivity contribution in [2.24, 2.45) is 10.8 Å². The average Bonchev–Trinajstić information content (AvgIpc) is 3.26. The minimum atomic E-state index is -0.203. The Bertz CT molecular complexity index is 1040. The van der Waals surface area contributed by atoms with Gasteiger partial charge in [-0.2, -0.15) is 0 Å². The van der Waals surface area contributed by atoms with Crippen LogP contribution in [0.25, 0.3) is 10.2 Å². The molecule has 7 heteroatoms. The highest BCUT2D eigenvalue weighted by Crippen LogP contribution is 2.52. The molecule has 0 radical (unpaired) electrons. The SMILES string of the molecule is CC1(C)C[C@H]2C[C@](C)(CN2C(=O)c2ccc3nc(N4C(=O)CCC4=O)sc3c2)C1. The van der Waals surface area contributed by atoms with Gasteiger partial charge in [0.2, 0.25) is 11.8 Å². The number of nitrogens with zero attached hydrogens (tertiary/aromatic N) is 3. The van der Waals surface area contributed by atoms with E-state index in [0.29, 0.717) is 22.3 Å². The smallest absolute Gasteiger partial charge is 0.254 e. The van der Waals surface area contributed by atoms with Gasteiger partial charge in [0, 0.05) is 31.0 Å². The highest BCUT2D eigenvalue weighted by atomic mass is 32.1. The lowest BCUT2D eigenvalue weighted by Crippen LogP contribution is -2.37. The van der Waals surface area contributed by atoms with E-state index in [4.69, 9.17) is 0 Å². The van der Waals surface area contributed by atoms with Gasteiger partial charge in [0.25, 0.3) is 5.91 Å². The van der Waals surface area contributed by atoms with Crippen molar-refractivity contribution < 1.29 is 14.4 Å². The summed E-state index contributed by atoms with van der Waals surface area (Å²) in [7, 11) is 0. The van der Waals surface area contributed by atoms with Crippen LogP contribution in [0.2, 0.25) is 0 Å². The molecule has 2 aromatic rings. The molecule has 1 aromatic heterocycles. The van der Waals surface area contributed by atoms with Crippen LogP contribution in [0.15, 0.2) is 18.2 Å². The Morgan fingerprint density at radius 3 is 2.59 bits per heavy atom. The van der Waals surface area contributed by atoms with Crippen molar-refractivity contribution in [3.63, 3.8) is 0 Å². The van der Waals surface area contributed by atoms with Crippen LogP contribution in [0.3, 0.4) is 0 Å². The van der Waals surface area contributed by atoms with E-state index in [0.717, 1.165) is 30.5 Å². The van der Waals surface area contributed by atoms with E-state index >= 15 is 0 Å². The second kappa shape index (κ2) is 6.11. The molecule has 2 saturated heterocycles. The number of thiazole rings is 1. The Labute approximate surface area is 173 Å². The van der Waals surface area contributed by atoms with Crippen LogP contribution in [0, 0.1) is 10.8 Å². The van der Waals surface area contributed by atoms with Crippen LogP contribution < -0.4 is 4.90 Å². The van der Waals surface area contributed by atoms with Crippen LogP contribution >= 0.6 is 11.3 Å². The zero-order chi connectivity index (χ0) is 20.6. The molecule has 0 spiro atoms. The number of likely N-dealkylation sites (tertiary alicyclic amines) is 1. The van der Waals surface area contributed by atoms with Gasteiger partial charge in [-0.1, -0.05) is 32.1 Å². The molecule has 152 valence electrons. The summed E-state index contributed by atoms with van der Waals surface area (Å²) in [6.45, 7) is 7.72. The fourth-order valence-corrected chi connectivity index (χ4v) is 6.83. The number of fused-ring (bicyclic) bond motifs is 3. The maximum atomic E-state index is 13.3. The number of amides is 3. The molecule has 1 aliphatic carbocycles. The van der Waals surface area contributed by atoms with Crippen molar-refractivity contribution in [2.75, 3.05) is 11.4 Å². The van der Waals surface area contributed by atoms with Crippen LogP contribution in [-0.2, 0) is 9.59 Å². The van der Waals surface area contributed by atoms with Gasteiger partial charge in [0.1, 0.15) is 0 Å². The van der Waals surface area contributed by atoms with Crippen LogP contribution in [0.4, 0.5) is 5.13 Å². The molecule has 3 aliphatic rings. The Hall–Kier alpha value is -2.28. The van der Waals surface area contributed by atoms with E-state index in [9.17, 15) is 14.4 Å². The van der Waals surface area contributed by atoms with Crippen molar-refractivity contribution in [3.8, 4) is 0 Å². The monoisotopic (exact) mass is 411 g/mol. The lowest BCUT2D eigenvalue weighted by atomic mass is 9.65. The highest BCUT2D eigenvalue weighted by molar-refractivity contribution is 7.22. The summed E-state index contributed by atoms with van der Waals surface area (Å²) in [6.07, 6.45) is 3.75. The minimum absolute atomic E-state index is 0.0709. The molecule has 2 atom stereocenters. The van der Waals surface area contributed by atoms with Crippen molar-refractivity contribution >= 4 is 44.4 Å². The Morgan fingerprint density at radius 1 is 1.14 bits per heavy atom. The third-order valence-corrected chi connectivity index (χ3v) is 7.55. The van der Waals surface area contributed by atoms with Crippen molar-refractivity contribution in [3.05, 3.63) is 23.8 Å². The average molecular weight is 412 g/mol. The van der Waals surface area contributed by atoms with Gasteiger partial charge in [0.05, 0.1) is 10.2 Å². The second-order valence-corrected chi connectivity index (χ2v) is 11.0. The summed E-state index contributed by atoms with van der Waals surface area (Å²) >= 11 is 1.30. The molecule has 0 N–H and O–H groups in total. The summed E-state index contributed by atoms with van der Waals surface area (Å²) in [4.78, 5) is 45.1. The normalized spacial score (nSPS) is 28.6. The van der Waals surface area contributed by atoms with Crippen LogP contribution in [0.1, 0.15) is 63.2 Å². The summed E-state index contributed by atoms with van der Waals surface area (Å²) in [6, 6.07) is 5.79. The molecule has 6 nitrogen and oxygen atoms in total. The largest absolute Gasteiger partial charge is 0.335 e. The molecule has 0 unspecified atom stereocenters. The first kappa shape index (κ1) is 18.7. The van der Waals surface area contributed by atoms with Gasteiger partial charge in [0.15, 0.2) is 5.13 Å². The van der Waals surface area contributed by atoms with E-state index in [1.807, 2.05) is 18.2 Å². The van der Waals surface area contributed by atoms with Gasteiger partial charge in [-0.05, 0) is 48.3 Å². The van der Waals surface area contributed by atoms with Gasteiger partial charge < -0.3 is 4.90 Å². The van der Waals surface area contributed by atoms with E-state index in [1.54, 1.807) is 0 Å². The van der Waals surface area contributed by atoms with E-state index in [-0.39, 0.29) is 41.4 Å². The zero-order valence-corrected chi connectivity index (χ0v) is 17.8. The predicted molar refractivity (Wildman–Crippen MR) is 112 cm³/mol. The molecule has 2 aliphatic heterocycles. The fraction of sp³-hybridized carbons (Fsp3) is 0.545. The van der Waals surface area contributed by atoms with Crippen molar-refractivity contribution in [1.29, 1.82) is 0 Å². The molecule has 3 fully saturated rings. The van der Waals surface area contributed by atoms with Gasteiger partial charge in [-0.25, -0.2) is 9.88 Å². The first-order chi connectivity index (χ1) is 13.6. The number of benzene rings is 1. The molecule has 29 heavy (non-hydrogen) atoms. The summed E-state index contributed by atoms with van der Waals surface area (Å²) in [5.74, 6) is -0.335. The van der Waals surface area contributed by atoms with E-state index in [1.165, 1.54) is 16.2 Å². The van der Waals surface area contributed by atoms with Crippen molar-refractivity contribution in [1.82, 2.24) is 9.88 Å². The molecule has 3 amide bonds. The molecule has 5 rings (SSSR count). The molecule has 3 heterocycles. The third kappa shape index (κ3) is 3.06. The number of aromatic nitrogens is 1. The van der Waals surface area contributed by atoms with E-state index < -0.39 is 0 Å². The molecule has 1 saturated carbocycles. The van der Waals surface area contributed by atoms with Gasteiger partial charge in [-0.3, -0.25) is 14.4 Å². The van der Waals surface area contributed by atoms with Gasteiger partial charge in [-0.15, -0.1) is 0 Å². The summed E-state index contributed by atoms with van der Waals surface area (Å²) < 4.78 is 0.826. The Balaban J connectivity index is 1.44. The van der Waals surface area contributed by atoms with Crippen molar-refractivity contribution in [2.45, 2.75) is 58.9 Å². The second-order valence-electron chi connectivity index (χ2n) is 9.95. The maximum Gasteiger partial charge on any atom is 0.254 e. The number of carbonyl (C=O) groups is 3. The molecule has 2 bridgehead atoms. The maximum absolute atomic E-state index is 13.3.